The van der Waals surface area contributed by atoms with Crippen LogP contribution in [0.4, 0.5) is 0 Å². The first-order valence-corrected chi connectivity index (χ1v) is 5.35. The first-order valence-electron chi connectivity index (χ1n) is 5.35. The van der Waals surface area contributed by atoms with Gasteiger partial charge in [-0.15, -0.1) is 0 Å². The van der Waals surface area contributed by atoms with E-state index >= 15 is 0 Å². The van der Waals surface area contributed by atoms with Gasteiger partial charge in [0, 0.05) is 17.5 Å². The first kappa shape index (κ1) is 11.3. The van der Waals surface area contributed by atoms with Crippen LogP contribution in [-0.2, 0) is 0 Å². The number of pyridine rings is 1. The van der Waals surface area contributed by atoms with Gasteiger partial charge in [0.2, 0.25) is 0 Å². The average molecular weight is 227 g/mol. The molecule has 17 heavy (non-hydrogen) atoms. The van der Waals surface area contributed by atoms with Crippen LogP contribution in [0, 0.1) is 13.8 Å². The van der Waals surface area contributed by atoms with E-state index in [0.717, 1.165) is 16.8 Å². The average Bonchev–Trinajstić information content (AvgIpc) is 2.29. The summed E-state index contributed by atoms with van der Waals surface area (Å²) in [6.45, 7) is 3.84. The molecule has 0 aliphatic heterocycles. The number of benzene rings is 1. The Balaban J connectivity index is 2.60. The molecule has 1 heterocycles. The SMILES string of the molecule is Cc1ccc(C(=O)O)c(-c2ccc(C)nc2)c1. The highest BCUT2D eigenvalue weighted by molar-refractivity contribution is 5.96. The number of carboxylic acid groups (broad SMARTS) is 1. The summed E-state index contributed by atoms with van der Waals surface area (Å²) in [6.07, 6.45) is 1.70. The molecule has 0 aliphatic carbocycles. The lowest BCUT2D eigenvalue weighted by molar-refractivity contribution is 0.0698. The fraction of sp³-hybridized carbons (Fsp3) is 0.143. The van der Waals surface area contributed by atoms with Gasteiger partial charge in [0.1, 0.15) is 0 Å². The second-order valence-corrected chi connectivity index (χ2v) is 4.04. The molecule has 0 spiro atoms. The highest BCUT2D eigenvalue weighted by atomic mass is 16.4. The second-order valence-electron chi connectivity index (χ2n) is 4.04. The molecule has 0 atom stereocenters. The van der Waals surface area contributed by atoms with Crippen LogP contribution in [0.5, 0.6) is 0 Å². The summed E-state index contributed by atoms with van der Waals surface area (Å²) in [6, 6.07) is 9.07. The lowest BCUT2D eigenvalue weighted by Gasteiger charge is -2.07. The van der Waals surface area contributed by atoms with Gasteiger partial charge in [-0.1, -0.05) is 23.8 Å². The first-order chi connectivity index (χ1) is 8.08. The molecule has 2 rings (SSSR count). The van der Waals surface area contributed by atoms with Gasteiger partial charge < -0.3 is 5.11 Å². The number of aryl methyl sites for hydroxylation is 2. The molecule has 0 saturated heterocycles. The molecule has 1 N–H and O–H groups in total. The zero-order valence-electron chi connectivity index (χ0n) is 9.77. The molecule has 3 heteroatoms. The molecule has 0 radical (unpaired) electrons. The summed E-state index contributed by atoms with van der Waals surface area (Å²) in [5, 5.41) is 9.15. The molecule has 0 saturated carbocycles. The molecule has 1 aromatic heterocycles. The molecule has 0 unspecified atom stereocenters. The lowest BCUT2D eigenvalue weighted by atomic mass is 9.99. The molecule has 0 amide bonds. The maximum atomic E-state index is 11.2. The van der Waals surface area contributed by atoms with Crippen LogP contribution in [-0.4, -0.2) is 16.1 Å². The van der Waals surface area contributed by atoms with Gasteiger partial charge in [0.05, 0.1) is 5.56 Å². The van der Waals surface area contributed by atoms with Crippen LogP contribution in [0.3, 0.4) is 0 Å². The Labute approximate surface area is 99.8 Å². The molecule has 0 bridgehead atoms. The number of rotatable bonds is 2. The smallest absolute Gasteiger partial charge is 0.336 e. The minimum Gasteiger partial charge on any atom is -0.478 e. The Bertz CT molecular complexity index is 559. The van der Waals surface area contributed by atoms with Crippen LogP contribution >= 0.6 is 0 Å². The van der Waals surface area contributed by atoms with E-state index < -0.39 is 5.97 Å². The Morgan fingerprint density at radius 2 is 1.94 bits per heavy atom. The monoisotopic (exact) mass is 227 g/mol. The third kappa shape index (κ3) is 2.33. The summed E-state index contributed by atoms with van der Waals surface area (Å²) in [5.41, 5.74) is 3.80. The van der Waals surface area contributed by atoms with E-state index in [4.69, 9.17) is 5.11 Å². The number of aromatic carboxylic acids is 1. The third-order valence-electron chi connectivity index (χ3n) is 2.63. The molecule has 3 nitrogen and oxygen atoms in total. The van der Waals surface area contributed by atoms with Gasteiger partial charge in [-0.3, -0.25) is 4.98 Å². The molecule has 0 aliphatic rings. The zero-order valence-corrected chi connectivity index (χ0v) is 9.77. The highest BCUT2D eigenvalue weighted by Crippen LogP contribution is 2.24. The standard InChI is InChI=1S/C14H13NO2/c1-9-3-6-12(14(16)17)13(7-9)11-5-4-10(2)15-8-11/h3-8H,1-2H3,(H,16,17). The predicted octanol–water partition coefficient (Wildman–Crippen LogP) is 3.06. The summed E-state index contributed by atoms with van der Waals surface area (Å²) >= 11 is 0. The van der Waals surface area contributed by atoms with Crippen LogP contribution in [0.15, 0.2) is 36.5 Å². The van der Waals surface area contributed by atoms with Crippen molar-refractivity contribution < 1.29 is 9.90 Å². The van der Waals surface area contributed by atoms with E-state index in [1.165, 1.54) is 0 Å². The van der Waals surface area contributed by atoms with Crippen LogP contribution in [0.2, 0.25) is 0 Å². The van der Waals surface area contributed by atoms with Crippen molar-refractivity contribution in [1.82, 2.24) is 4.98 Å². The van der Waals surface area contributed by atoms with E-state index in [2.05, 4.69) is 4.98 Å². The number of carbonyl (C=O) groups is 1. The third-order valence-corrected chi connectivity index (χ3v) is 2.63. The van der Waals surface area contributed by atoms with E-state index in [1.54, 1.807) is 18.3 Å². The summed E-state index contributed by atoms with van der Waals surface area (Å²) in [4.78, 5) is 15.3. The topological polar surface area (TPSA) is 50.2 Å². The lowest BCUT2D eigenvalue weighted by Crippen LogP contribution is -2.00. The highest BCUT2D eigenvalue weighted by Gasteiger charge is 2.11. The number of carboxylic acids is 1. The van der Waals surface area contributed by atoms with Crippen molar-refractivity contribution in [2.45, 2.75) is 13.8 Å². The van der Waals surface area contributed by atoms with Gasteiger partial charge >= 0.3 is 5.97 Å². The number of nitrogens with zero attached hydrogens (tertiary/aromatic N) is 1. The quantitative estimate of drug-likeness (QED) is 0.857. The number of hydrogen-bond acceptors (Lipinski definition) is 2. The zero-order chi connectivity index (χ0) is 12.4. The molecular weight excluding hydrogens is 214 g/mol. The minimum atomic E-state index is -0.916. The van der Waals surface area contributed by atoms with Gasteiger partial charge in [-0.25, -0.2) is 4.79 Å². The van der Waals surface area contributed by atoms with Crippen LogP contribution in [0.25, 0.3) is 11.1 Å². The Hall–Kier alpha value is -2.16. The van der Waals surface area contributed by atoms with Crippen LogP contribution in [0.1, 0.15) is 21.6 Å². The van der Waals surface area contributed by atoms with Gasteiger partial charge in [0.25, 0.3) is 0 Å². The second kappa shape index (κ2) is 4.37. The molecular formula is C14H13NO2. The fourth-order valence-corrected chi connectivity index (χ4v) is 1.71. The van der Waals surface area contributed by atoms with Gasteiger partial charge in [0.15, 0.2) is 0 Å². The van der Waals surface area contributed by atoms with Gasteiger partial charge in [-0.2, -0.15) is 0 Å². The van der Waals surface area contributed by atoms with Crippen molar-refractivity contribution in [1.29, 1.82) is 0 Å². The van der Waals surface area contributed by atoms with Crippen molar-refractivity contribution >= 4 is 5.97 Å². The largest absolute Gasteiger partial charge is 0.478 e. The molecule has 0 fully saturated rings. The van der Waals surface area contributed by atoms with E-state index in [-0.39, 0.29) is 0 Å². The van der Waals surface area contributed by atoms with E-state index in [9.17, 15) is 4.79 Å². The minimum absolute atomic E-state index is 0.307. The fourth-order valence-electron chi connectivity index (χ4n) is 1.71. The van der Waals surface area contributed by atoms with E-state index in [0.29, 0.717) is 11.1 Å². The maximum Gasteiger partial charge on any atom is 0.336 e. The Morgan fingerprint density at radius 1 is 1.18 bits per heavy atom. The van der Waals surface area contributed by atoms with Crippen molar-refractivity contribution in [3.05, 3.63) is 53.3 Å². The number of hydrogen-bond donors (Lipinski definition) is 1. The summed E-state index contributed by atoms with van der Waals surface area (Å²) in [7, 11) is 0. The van der Waals surface area contributed by atoms with Crippen molar-refractivity contribution in [2.75, 3.05) is 0 Å². The molecule has 86 valence electrons. The molecule has 2 aromatic rings. The number of aromatic nitrogens is 1. The van der Waals surface area contributed by atoms with Crippen molar-refractivity contribution in [3.63, 3.8) is 0 Å². The normalized spacial score (nSPS) is 10.2. The summed E-state index contributed by atoms with van der Waals surface area (Å²) < 4.78 is 0. The maximum absolute atomic E-state index is 11.2. The summed E-state index contributed by atoms with van der Waals surface area (Å²) in [5.74, 6) is -0.916. The van der Waals surface area contributed by atoms with Crippen molar-refractivity contribution in [2.24, 2.45) is 0 Å². The van der Waals surface area contributed by atoms with Crippen LogP contribution < -0.4 is 0 Å². The predicted molar refractivity (Wildman–Crippen MR) is 66.1 cm³/mol. The Morgan fingerprint density at radius 3 is 2.53 bits per heavy atom. The Kier molecular flexibility index (Phi) is 2.91. The van der Waals surface area contributed by atoms with E-state index in [1.807, 2.05) is 32.0 Å². The molecule has 1 aromatic carbocycles. The van der Waals surface area contributed by atoms with Gasteiger partial charge in [-0.05, 0) is 31.5 Å². The van der Waals surface area contributed by atoms with Crippen molar-refractivity contribution in [3.8, 4) is 11.1 Å².